The number of hydrogen-bond acceptors (Lipinski definition) is 4. The van der Waals surface area contributed by atoms with Gasteiger partial charge in [-0.15, -0.1) is 6.58 Å². The summed E-state index contributed by atoms with van der Waals surface area (Å²) in [6, 6.07) is 7.62. The maximum atomic E-state index is 12.8. The molecule has 2 rings (SSSR count). The third kappa shape index (κ3) is 4.90. The molecule has 6 heteroatoms. The SMILES string of the molecule is C=CCC(CC(=O)N1Cc2ccccc2CC1CO)C(=O)NCCO. The van der Waals surface area contributed by atoms with Crippen molar-refractivity contribution in [2.45, 2.75) is 31.8 Å². The second-order valence-corrected chi connectivity index (χ2v) is 6.27. The zero-order chi connectivity index (χ0) is 18.2. The van der Waals surface area contributed by atoms with Crippen LogP contribution in [-0.4, -0.2) is 52.7 Å². The Morgan fingerprint density at radius 2 is 2.04 bits per heavy atom. The summed E-state index contributed by atoms with van der Waals surface area (Å²) in [5, 5.41) is 21.1. The quantitative estimate of drug-likeness (QED) is 0.602. The highest BCUT2D eigenvalue weighted by Crippen LogP contribution is 2.25. The number of nitrogens with zero attached hydrogens (tertiary/aromatic N) is 1. The van der Waals surface area contributed by atoms with E-state index in [1.807, 2.05) is 24.3 Å². The second kappa shape index (κ2) is 9.34. The molecular weight excluding hydrogens is 320 g/mol. The van der Waals surface area contributed by atoms with Gasteiger partial charge in [0.15, 0.2) is 0 Å². The van der Waals surface area contributed by atoms with E-state index in [-0.39, 0.29) is 44.0 Å². The van der Waals surface area contributed by atoms with Crippen molar-refractivity contribution in [1.29, 1.82) is 0 Å². The van der Waals surface area contributed by atoms with Gasteiger partial charge in [0.1, 0.15) is 0 Å². The molecule has 0 fully saturated rings. The molecule has 0 spiro atoms. The first kappa shape index (κ1) is 19.1. The first-order chi connectivity index (χ1) is 12.1. The van der Waals surface area contributed by atoms with Gasteiger partial charge in [-0.3, -0.25) is 9.59 Å². The van der Waals surface area contributed by atoms with E-state index in [2.05, 4.69) is 11.9 Å². The standard InChI is InChI=1S/C19H26N2O4/c1-2-5-15(19(25)20-8-9-22)11-18(24)21-12-16-7-4-3-6-14(16)10-17(21)13-23/h2-4,6-7,15,17,22-23H,1,5,8-13H2,(H,20,25). The van der Waals surface area contributed by atoms with Gasteiger partial charge in [-0.25, -0.2) is 0 Å². The van der Waals surface area contributed by atoms with Gasteiger partial charge in [-0.2, -0.15) is 0 Å². The highest BCUT2D eigenvalue weighted by Gasteiger charge is 2.31. The summed E-state index contributed by atoms with van der Waals surface area (Å²) in [5.41, 5.74) is 2.22. The van der Waals surface area contributed by atoms with Gasteiger partial charge in [0, 0.05) is 19.5 Å². The van der Waals surface area contributed by atoms with Gasteiger partial charge >= 0.3 is 0 Å². The Bertz CT molecular complexity index is 617. The number of benzene rings is 1. The van der Waals surface area contributed by atoms with Gasteiger partial charge in [-0.1, -0.05) is 30.3 Å². The summed E-state index contributed by atoms with van der Waals surface area (Å²) < 4.78 is 0. The molecule has 1 aromatic carbocycles. The van der Waals surface area contributed by atoms with Crippen molar-refractivity contribution in [2.75, 3.05) is 19.8 Å². The maximum Gasteiger partial charge on any atom is 0.224 e. The predicted molar refractivity (Wildman–Crippen MR) is 94.6 cm³/mol. The van der Waals surface area contributed by atoms with E-state index in [0.29, 0.717) is 19.4 Å². The minimum absolute atomic E-state index is 0.0575. The van der Waals surface area contributed by atoms with Crippen LogP contribution in [0, 0.1) is 5.92 Å². The fourth-order valence-corrected chi connectivity index (χ4v) is 3.18. The number of hydrogen-bond donors (Lipinski definition) is 3. The molecule has 1 aliphatic rings. The highest BCUT2D eigenvalue weighted by molar-refractivity contribution is 5.86. The maximum absolute atomic E-state index is 12.8. The van der Waals surface area contributed by atoms with Gasteiger partial charge in [0.25, 0.3) is 0 Å². The zero-order valence-electron chi connectivity index (χ0n) is 14.4. The van der Waals surface area contributed by atoms with Crippen molar-refractivity contribution in [3.63, 3.8) is 0 Å². The summed E-state index contributed by atoms with van der Waals surface area (Å²) >= 11 is 0. The average Bonchev–Trinajstić information content (AvgIpc) is 2.64. The lowest BCUT2D eigenvalue weighted by Crippen LogP contribution is -2.47. The number of carbonyl (C=O) groups excluding carboxylic acids is 2. The van der Waals surface area contributed by atoms with Crippen molar-refractivity contribution in [2.24, 2.45) is 5.92 Å². The zero-order valence-corrected chi connectivity index (χ0v) is 14.4. The molecule has 2 unspecified atom stereocenters. The van der Waals surface area contributed by atoms with Gasteiger partial charge in [0.05, 0.1) is 25.2 Å². The number of carbonyl (C=O) groups is 2. The number of rotatable bonds is 8. The third-order valence-corrected chi connectivity index (χ3v) is 4.54. The lowest BCUT2D eigenvalue weighted by molar-refractivity contribution is -0.139. The Kier molecular flexibility index (Phi) is 7.16. The van der Waals surface area contributed by atoms with Crippen LogP contribution in [0.15, 0.2) is 36.9 Å². The second-order valence-electron chi connectivity index (χ2n) is 6.27. The number of nitrogens with one attached hydrogen (secondary N) is 1. The fourth-order valence-electron chi connectivity index (χ4n) is 3.18. The Morgan fingerprint density at radius 3 is 2.68 bits per heavy atom. The van der Waals surface area contributed by atoms with E-state index in [9.17, 15) is 14.7 Å². The molecule has 0 radical (unpaired) electrons. The molecule has 0 saturated carbocycles. The van der Waals surface area contributed by atoms with Gasteiger partial charge in [0.2, 0.25) is 11.8 Å². The molecule has 2 amide bonds. The van der Waals surface area contributed by atoms with Crippen molar-refractivity contribution in [3.8, 4) is 0 Å². The monoisotopic (exact) mass is 346 g/mol. The lowest BCUT2D eigenvalue weighted by atomic mass is 9.92. The average molecular weight is 346 g/mol. The Hall–Kier alpha value is -2.18. The van der Waals surface area contributed by atoms with Crippen molar-refractivity contribution >= 4 is 11.8 Å². The summed E-state index contributed by atoms with van der Waals surface area (Å²) in [5.74, 6) is -0.937. The van der Waals surface area contributed by atoms with Crippen molar-refractivity contribution < 1.29 is 19.8 Å². The summed E-state index contributed by atoms with van der Waals surface area (Å²) in [7, 11) is 0. The molecule has 1 aromatic rings. The number of amides is 2. The Labute approximate surface area is 148 Å². The molecule has 25 heavy (non-hydrogen) atoms. The van der Waals surface area contributed by atoms with Crippen LogP contribution in [0.2, 0.25) is 0 Å². The first-order valence-electron chi connectivity index (χ1n) is 8.57. The van der Waals surface area contributed by atoms with Crippen molar-refractivity contribution in [1.82, 2.24) is 10.2 Å². The van der Waals surface area contributed by atoms with Gasteiger partial charge in [-0.05, 0) is 24.0 Å². The molecule has 136 valence electrons. The number of fused-ring (bicyclic) bond motifs is 1. The fraction of sp³-hybridized carbons (Fsp3) is 0.474. The molecule has 0 saturated heterocycles. The van der Waals surface area contributed by atoms with Crippen molar-refractivity contribution in [3.05, 3.63) is 48.0 Å². The normalized spacial score (nSPS) is 17.5. The van der Waals surface area contributed by atoms with E-state index in [0.717, 1.165) is 11.1 Å². The lowest BCUT2D eigenvalue weighted by Gasteiger charge is -2.36. The Morgan fingerprint density at radius 1 is 1.32 bits per heavy atom. The van der Waals surface area contributed by atoms with Crippen LogP contribution in [0.3, 0.4) is 0 Å². The minimum Gasteiger partial charge on any atom is -0.395 e. The largest absolute Gasteiger partial charge is 0.395 e. The minimum atomic E-state index is -0.520. The third-order valence-electron chi connectivity index (χ3n) is 4.54. The predicted octanol–water partition coefficient (Wildman–Crippen LogP) is 0.623. The number of aliphatic hydroxyl groups excluding tert-OH is 2. The topological polar surface area (TPSA) is 89.9 Å². The van der Waals surface area contributed by atoms with Crippen LogP contribution in [0.4, 0.5) is 0 Å². The molecule has 3 N–H and O–H groups in total. The van der Waals surface area contributed by atoms with Crippen LogP contribution in [-0.2, 0) is 22.6 Å². The van der Waals surface area contributed by atoms with Crippen LogP contribution < -0.4 is 5.32 Å². The smallest absolute Gasteiger partial charge is 0.224 e. The molecule has 1 heterocycles. The molecule has 2 atom stereocenters. The molecule has 6 nitrogen and oxygen atoms in total. The van der Waals surface area contributed by atoms with Crippen LogP contribution in [0.1, 0.15) is 24.0 Å². The molecule has 1 aliphatic heterocycles. The van der Waals surface area contributed by atoms with E-state index in [1.165, 1.54) is 0 Å². The van der Waals surface area contributed by atoms with Crippen LogP contribution in [0.5, 0.6) is 0 Å². The first-order valence-corrected chi connectivity index (χ1v) is 8.57. The Balaban J connectivity index is 2.09. The molecule has 0 bridgehead atoms. The van der Waals surface area contributed by atoms with E-state index >= 15 is 0 Å². The van der Waals surface area contributed by atoms with Gasteiger partial charge < -0.3 is 20.4 Å². The molecule has 0 aliphatic carbocycles. The number of allylic oxidation sites excluding steroid dienone is 1. The molecule has 0 aromatic heterocycles. The van der Waals surface area contributed by atoms with E-state index in [1.54, 1.807) is 11.0 Å². The van der Waals surface area contributed by atoms with E-state index < -0.39 is 5.92 Å². The summed E-state index contributed by atoms with van der Waals surface area (Å²) in [4.78, 5) is 26.6. The van der Waals surface area contributed by atoms with Crippen LogP contribution >= 0.6 is 0 Å². The molecular formula is C19H26N2O4. The highest BCUT2D eigenvalue weighted by atomic mass is 16.3. The number of aliphatic hydroxyl groups is 2. The summed E-state index contributed by atoms with van der Waals surface area (Å²) in [6.45, 7) is 4.01. The van der Waals surface area contributed by atoms with Crippen LogP contribution in [0.25, 0.3) is 0 Å². The van der Waals surface area contributed by atoms with E-state index in [4.69, 9.17) is 5.11 Å². The summed E-state index contributed by atoms with van der Waals surface area (Å²) in [6.07, 6.45) is 2.67.